The Bertz CT molecular complexity index is 914. The van der Waals surface area contributed by atoms with Gasteiger partial charge in [-0.25, -0.2) is 9.18 Å². The van der Waals surface area contributed by atoms with E-state index in [0.29, 0.717) is 37.5 Å². The van der Waals surface area contributed by atoms with E-state index in [9.17, 15) is 14.0 Å². The predicted molar refractivity (Wildman–Crippen MR) is 113 cm³/mol. The molecule has 0 bridgehead atoms. The quantitative estimate of drug-likeness (QED) is 0.782. The summed E-state index contributed by atoms with van der Waals surface area (Å²) in [4.78, 5) is 27.5. The highest BCUT2D eigenvalue weighted by molar-refractivity contribution is 5.81. The highest BCUT2D eigenvalue weighted by atomic mass is 19.1. The van der Waals surface area contributed by atoms with Crippen LogP contribution < -0.4 is 10.6 Å². The predicted octanol–water partition coefficient (Wildman–Crippen LogP) is 4.08. The van der Waals surface area contributed by atoms with Crippen molar-refractivity contribution in [2.24, 2.45) is 5.92 Å². The van der Waals surface area contributed by atoms with Gasteiger partial charge in [-0.15, -0.1) is 0 Å². The van der Waals surface area contributed by atoms with Crippen molar-refractivity contribution in [3.8, 4) is 0 Å². The molecule has 158 valence electrons. The number of aryl methyl sites for hydroxylation is 1. The van der Waals surface area contributed by atoms with E-state index in [4.69, 9.17) is 0 Å². The van der Waals surface area contributed by atoms with E-state index in [1.54, 1.807) is 17.9 Å². The molecule has 2 aromatic rings. The first kappa shape index (κ1) is 20.4. The fraction of sp³-hybridized carbons (Fsp3) is 0.417. The first-order valence-electron chi connectivity index (χ1n) is 10.7. The second kappa shape index (κ2) is 8.86. The summed E-state index contributed by atoms with van der Waals surface area (Å²) >= 11 is 0. The molecule has 0 spiro atoms. The summed E-state index contributed by atoms with van der Waals surface area (Å²) in [6, 6.07) is 14.7. The Kier molecular flexibility index (Phi) is 6.02. The fourth-order valence-electron chi connectivity index (χ4n) is 4.05. The van der Waals surface area contributed by atoms with Crippen LogP contribution in [0.25, 0.3) is 0 Å². The topological polar surface area (TPSA) is 61.4 Å². The summed E-state index contributed by atoms with van der Waals surface area (Å²) in [7, 11) is 0. The molecule has 0 aromatic heterocycles. The van der Waals surface area contributed by atoms with E-state index in [1.165, 1.54) is 6.07 Å². The van der Waals surface area contributed by atoms with Gasteiger partial charge in [0.25, 0.3) is 0 Å². The number of carbonyl (C=O) groups is 2. The van der Waals surface area contributed by atoms with Gasteiger partial charge in [0.05, 0.1) is 12.0 Å². The van der Waals surface area contributed by atoms with Gasteiger partial charge in [-0.2, -0.15) is 0 Å². The lowest BCUT2D eigenvalue weighted by Crippen LogP contribution is -2.50. The number of piperidine rings is 1. The molecule has 2 aliphatic rings. The summed E-state index contributed by atoms with van der Waals surface area (Å²) in [6.07, 6.45) is 3.46. The average molecular weight is 410 g/mol. The smallest absolute Gasteiger partial charge is 0.318 e. The van der Waals surface area contributed by atoms with Gasteiger partial charge in [-0.3, -0.25) is 4.79 Å². The van der Waals surface area contributed by atoms with Crippen LogP contribution in [0.5, 0.6) is 0 Å². The Morgan fingerprint density at radius 3 is 2.53 bits per heavy atom. The van der Waals surface area contributed by atoms with E-state index >= 15 is 0 Å². The van der Waals surface area contributed by atoms with Crippen LogP contribution in [-0.4, -0.2) is 29.4 Å². The van der Waals surface area contributed by atoms with Gasteiger partial charge in [0.2, 0.25) is 5.91 Å². The second-order valence-corrected chi connectivity index (χ2v) is 8.38. The largest absolute Gasteiger partial charge is 0.353 e. The zero-order chi connectivity index (χ0) is 21.1. The molecule has 1 saturated heterocycles. The van der Waals surface area contributed by atoms with Crippen molar-refractivity contribution in [1.82, 2.24) is 15.5 Å². The van der Waals surface area contributed by atoms with Gasteiger partial charge >= 0.3 is 6.03 Å². The Hall–Kier alpha value is -2.89. The molecule has 3 amide bonds. The highest BCUT2D eigenvalue weighted by Gasteiger charge is 2.37. The maximum atomic E-state index is 13.8. The molecule has 2 fully saturated rings. The van der Waals surface area contributed by atoms with Gasteiger partial charge in [-0.1, -0.05) is 42.5 Å². The monoisotopic (exact) mass is 409 g/mol. The number of likely N-dealkylation sites (tertiary alicyclic amines) is 1. The molecule has 1 aliphatic heterocycles. The third-order valence-electron chi connectivity index (χ3n) is 5.99. The Morgan fingerprint density at radius 1 is 1.07 bits per heavy atom. The van der Waals surface area contributed by atoms with E-state index in [0.717, 1.165) is 24.0 Å². The van der Waals surface area contributed by atoms with Gasteiger partial charge in [0.15, 0.2) is 0 Å². The van der Waals surface area contributed by atoms with Crippen molar-refractivity contribution in [2.75, 3.05) is 6.54 Å². The molecule has 5 nitrogen and oxygen atoms in total. The second-order valence-electron chi connectivity index (χ2n) is 8.38. The minimum Gasteiger partial charge on any atom is -0.353 e. The SMILES string of the molecule is Cc1cc([C@H]2CC[C@@H](C(=O)NC3CC3)CN2C(=O)NCc2ccccc2)ccc1F. The van der Waals surface area contributed by atoms with Gasteiger partial charge in [-0.05, 0) is 55.4 Å². The molecule has 4 rings (SSSR count). The van der Waals surface area contributed by atoms with Crippen LogP contribution in [0.15, 0.2) is 48.5 Å². The third-order valence-corrected chi connectivity index (χ3v) is 5.99. The van der Waals surface area contributed by atoms with Crippen molar-refractivity contribution < 1.29 is 14.0 Å². The lowest BCUT2D eigenvalue weighted by Gasteiger charge is -2.39. The number of nitrogens with one attached hydrogen (secondary N) is 2. The Labute approximate surface area is 176 Å². The number of urea groups is 1. The number of carbonyl (C=O) groups excluding carboxylic acids is 2. The first-order valence-corrected chi connectivity index (χ1v) is 10.7. The number of hydrogen-bond donors (Lipinski definition) is 2. The molecular weight excluding hydrogens is 381 g/mol. The molecule has 6 heteroatoms. The van der Waals surface area contributed by atoms with Crippen molar-refractivity contribution in [3.05, 3.63) is 71.0 Å². The van der Waals surface area contributed by atoms with Crippen LogP contribution in [0.3, 0.4) is 0 Å². The lowest BCUT2D eigenvalue weighted by atomic mass is 9.88. The molecule has 0 unspecified atom stereocenters. The zero-order valence-electron chi connectivity index (χ0n) is 17.2. The van der Waals surface area contributed by atoms with Gasteiger partial charge in [0, 0.05) is 19.1 Å². The number of amides is 3. The minimum atomic E-state index is -0.253. The van der Waals surface area contributed by atoms with Crippen LogP contribution in [-0.2, 0) is 11.3 Å². The van der Waals surface area contributed by atoms with Crippen molar-refractivity contribution in [1.29, 1.82) is 0 Å². The number of nitrogens with zero attached hydrogens (tertiary/aromatic N) is 1. The molecular formula is C24H28FN3O2. The van der Waals surface area contributed by atoms with Crippen LogP contribution in [0.1, 0.15) is 48.4 Å². The first-order chi connectivity index (χ1) is 14.5. The molecule has 0 radical (unpaired) electrons. The van der Waals surface area contributed by atoms with E-state index in [1.807, 2.05) is 36.4 Å². The molecule has 1 heterocycles. The molecule has 30 heavy (non-hydrogen) atoms. The number of rotatable bonds is 5. The molecule has 2 aromatic carbocycles. The number of halogens is 1. The van der Waals surface area contributed by atoms with Gasteiger partial charge in [0.1, 0.15) is 5.82 Å². The summed E-state index contributed by atoms with van der Waals surface area (Å²) in [6.45, 7) is 2.51. The van der Waals surface area contributed by atoms with E-state index in [-0.39, 0.29) is 29.7 Å². The Morgan fingerprint density at radius 2 is 1.83 bits per heavy atom. The molecule has 1 aliphatic carbocycles. The van der Waals surface area contributed by atoms with E-state index < -0.39 is 0 Å². The van der Waals surface area contributed by atoms with Gasteiger partial charge < -0.3 is 15.5 Å². The van der Waals surface area contributed by atoms with Crippen molar-refractivity contribution in [2.45, 2.75) is 51.2 Å². The van der Waals surface area contributed by atoms with Crippen LogP contribution in [0.2, 0.25) is 0 Å². The highest BCUT2D eigenvalue weighted by Crippen LogP contribution is 2.35. The summed E-state index contributed by atoms with van der Waals surface area (Å²) in [5.41, 5.74) is 2.48. The maximum Gasteiger partial charge on any atom is 0.318 e. The number of benzene rings is 2. The van der Waals surface area contributed by atoms with Crippen molar-refractivity contribution in [3.63, 3.8) is 0 Å². The standard InChI is InChI=1S/C24H28FN3O2/c1-16-13-18(7-11-21(16)25)22-12-8-19(23(29)27-20-9-10-20)15-28(22)24(30)26-14-17-5-3-2-4-6-17/h2-7,11,13,19-20,22H,8-10,12,14-15H2,1H3,(H,26,30)(H,27,29)/t19-,22-/m1/s1. The number of hydrogen-bond acceptors (Lipinski definition) is 2. The summed E-state index contributed by atoms with van der Waals surface area (Å²) in [5.74, 6) is -0.436. The molecule has 2 atom stereocenters. The average Bonchev–Trinajstić information content (AvgIpc) is 3.58. The summed E-state index contributed by atoms with van der Waals surface area (Å²) in [5, 5.41) is 6.05. The Balaban J connectivity index is 1.51. The fourth-order valence-corrected chi connectivity index (χ4v) is 4.05. The molecule has 2 N–H and O–H groups in total. The zero-order valence-corrected chi connectivity index (χ0v) is 17.2. The van der Waals surface area contributed by atoms with E-state index in [2.05, 4.69) is 10.6 Å². The van der Waals surface area contributed by atoms with Crippen molar-refractivity contribution >= 4 is 11.9 Å². The third kappa shape index (κ3) is 4.81. The van der Waals surface area contributed by atoms with Crippen LogP contribution >= 0.6 is 0 Å². The molecule has 1 saturated carbocycles. The summed E-state index contributed by atoms with van der Waals surface area (Å²) < 4.78 is 13.8. The maximum absolute atomic E-state index is 13.8. The normalized spacial score (nSPS) is 21.2. The lowest BCUT2D eigenvalue weighted by molar-refractivity contribution is -0.126. The van der Waals surface area contributed by atoms with Crippen LogP contribution in [0, 0.1) is 18.7 Å². The minimum absolute atomic E-state index is 0.0343. The van der Waals surface area contributed by atoms with Crippen LogP contribution in [0.4, 0.5) is 9.18 Å².